The van der Waals surface area contributed by atoms with E-state index >= 15 is 0 Å². The number of nitrogens with zero attached hydrogens (tertiary/aromatic N) is 4. The highest BCUT2D eigenvalue weighted by Gasteiger charge is 2.32. The van der Waals surface area contributed by atoms with Crippen molar-refractivity contribution < 1.29 is 14.4 Å². The molecule has 3 rings (SSSR count). The van der Waals surface area contributed by atoms with E-state index in [0.717, 1.165) is 11.1 Å². The van der Waals surface area contributed by atoms with Crippen LogP contribution in [0.5, 0.6) is 11.6 Å². The molecule has 2 unspecified atom stereocenters. The molecule has 1 aromatic carbocycles. The maximum absolute atomic E-state index is 11.8. The van der Waals surface area contributed by atoms with E-state index in [1.54, 1.807) is 6.07 Å². The Bertz CT molecular complexity index is 817. The van der Waals surface area contributed by atoms with Gasteiger partial charge in [0.25, 0.3) is 0 Å². The molecule has 8 nitrogen and oxygen atoms in total. The summed E-state index contributed by atoms with van der Waals surface area (Å²) in [6, 6.07) is 5.57. The minimum absolute atomic E-state index is 0.0447. The first-order valence-corrected chi connectivity index (χ1v) is 8.50. The molecule has 1 aliphatic heterocycles. The zero-order valence-electron chi connectivity index (χ0n) is 15.3. The lowest BCUT2D eigenvalue weighted by Crippen LogP contribution is -2.46. The first-order chi connectivity index (χ1) is 12.4. The molecule has 0 spiro atoms. The van der Waals surface area contributed by atoms with Gasteiger partial charge in [-0.25, -0.2) is 4.98 Å². The van der Waals surface area contributed by atoms with Crippen LogP contribution in [-0.4, -0.2) is 40.2 Å². The van der Waals surface area contributed by atoms with Crippen LogP contribution in [-0.2, 0) is 4.74 Å². The number of hydrogen-bond donors (Lipinski definition) is 0. The van der Waals surface area contributed by atoms with Gasteiger partial charge in [0.2, 0.25) is 5.82 Å². The van der Waals surface area contributed by atoms with Crippen molar-refractivity contribution in [1.82, 2.24) is 9.97 Å². The second-order valence-electron chi connectivity index (χ2n) is 6.57. The predicted molar refractivity (Wildman–Crippen MR) is 96.9 cm³/mol. The Labute approximate surface area is 151 Å². The minimum atomic E-state index is -0.486. The second-order valence-corrected chi connectivity index (χ2v) is 6.57. The molecule has 0 N–H and O–H groups in total. The summed E-state index contributed by atoms with van der Waals surface area (Å²) in [5.41, 5.74) is 1.72. The van der Waals surface area contributed by atoms with Crippen LogP contribution in [0.3, 0.4) is 0 Å². The molecule has 0 aliphatic carbocycles. The van der Waals surface area contributed by atoms with Crippen molar-refractivity contribution in [3.63, 3.8) is 0 Å². The first kappa shape index (κ1) is 18.1. The van der Waals surface area contributed by atoms with Gasteiger partial charge in [-0.1, -0.05) is 12.1 Å². The quantitative estimate of drug-likeness (QED) is 0.611. The van der Waals surface area contributed by atoms with Crippen LogP contribution in [0.2, 0.25) is 0 Å². The van der Waals surface area contributed by atoms with Crippen LogP contribution < -0.4 is 9.64 Å². The zero-order valence-corrected chi connectivity index (χ0v) is 15.3. The normalized spacial score (nSPS) is 20.1. The molecule has 0 radical (unpaired) electrons. The lowest BCUT2D eigenvalue weighted by atomic mass is 10.1. The summed E-state index contributed by atoms with van der Waals surface area (Å²) in [7, 11) is 0. The van der Waals surface area contributed by atoms with Gasteiger partial charge in [0.1, 0.15) is 12.1 Å². The number of aromatic nitrogens is 2. The van der Waals surface area contributed by atoms with Gasteiger partial charge in [0, 0.05) is 13.1 Å². The SMILES string of the molecule is Cc1cccc(Oc2ncnc(N3CC(C)OC(C)C3)c2[N+](=O)[O-])c1C. The number of aryl methyl sites for hydroxylation is 1. The molecule has 1 saturated heterocycles. The Morgan fingerprint density at radius 3 is 2.58 bits per heavy atom. The van der Waals surface area contributed by atoms with Crippen LogP contribution in [0, 0.1) is 24.0 Å². The third kappa shape index (κ3) is 3.60. The van der Waals surface area contributed by atoms with Gasteiger partial charge in [-0.05, 0) is 44.9 Å². The highest BCUT2D eigenvalue weighted by molar-refractivity contribution is 5.64. The fraction of sp³-hybridized carbons (Fsp3) is 0.444. The standard InChI is InChI=1S/C18H22N4O4/c1-11-6-5-7-15(14(11)4)26-18-16(22(23)24)17(19-10-20-18)21-8-12(2)25-13(3)9-21/h5-7,10,12-13H,8-9H2,1-4H3. The zero-order chi connectivity index (χ0) is 18.8. The van der Waals surface area contributed by atoms with Crippen LogP contribution in [0.4, 0.5) is 11.5 Å². The number of nitro groups is 1. The van der Waals surface area contributed by atoms with Crippen LogP contribution in [0.25, 0.3) is 0 Å². The first-order valence-electron chi connectivity index (χ1n) is 8.50. The lowest BCUT2D eigenvalue weighted by molar-refractivity contribution is -0.385. The Hall–Kier alpha value is -2.74. The maximum Gasteiger partial charge on any atom is 0.373 e. The monoisotopic (exact) mass is 358 g/mol. The highest BCUT2D eigenvalue weighted by atomic mass is 16.6. The van der Waals surface area contributed by atoms with Crippen molar-refractivity contribution in [2.75, 3.05) is 18.0 Å². The van der Waals surface area contributed by atoms with Crippen LogP contribution in [0.15, 0.2) is 24.5 Å². The number of ether oxygens (including phenoxy) is 2. The van der Waals surface area contributed by atoms with E-state index in [1.807, 2.05) is 44.7 Å². The Kier molecular flexibility index (Phi) is 5.03. The Morgan fingerprint density at radius 2 is 1.92 bits per heavy atom. The van der Waals surface area contributed by atoms with Gasteiger partial charge in [0.05, 0.1) is 17.1 Å². The van der Waals surface area contributed by atoms with E-state index in [9.17, 15) is 10.1 Å². The molecule has 8 heteroatoms. The van der Waals surface area contributed by atoms with Gasteiger partial charge < -0.3 is 14.4 Å². The number of hydrogen-bond acceptors (Lipinski definition) is 7. The number of rotatable bonds is 4. The number of benzene rings is 1. The second kappa shape index (κ2) is 7.25. The molecule has 0 amide bonds. The van der Waals surface area contributed by atoms with Crippen LogP contribution in [0.1, 0.15) is 25.0 Å². The molecule has 1 aromatic heterocycles. The molecule has 0 bridgehead atoms. The van der Waals surface area contributed by atoms with Gasteiger partial charge >= 0.3 is 11.6 Å². The summed E-state index contributed by atoms with van der Waals surface area (Å²) in [5, 5.41) is 11.8. The third-order valence-electron chi connectivity index (χ3n) is 4.43. The average molecular weight is 358 g/mol. The van der Waals surface area contributed by atoms with Crippen molar-refractivity contribution >= 4 is 11.5 Å². The van der Waals surface area contributed by atoms with Crippen molar-refractivity contribution in [3.05, 3.63) is 45.8 Å². The van der Waals surface area contributed by atoms with Gasteiger partial charge in [-0.3, -0.25) is 10.1 Å². The largest absolute Gasteiger partial charge is 0.433 e. The molecule has 1 fully saturated rings. The minimum Gasteiger partial charge on any atom is -0.433 e. The smallest absolute Gasteiger partial charge is 0.373 e. The summed E-state index contributed by atoms with van der Waals surface area (Å²) in [6.07, 6.45) is 1.21. The highest BCUT2D eigenvalue weighted by Crippen LogP contribution is 2.38. The molecule has 1 aliphatic rings. The van der Waals surface area contributed by atoms with Crippen molar-refractivity contribution in [1.29, 1.82) is 0 Å². The Balaban J connectivity index is 2.01. The average Bonchev–Trinajstić information content (AvgIpc) is 2.57. The molecular formula is C18H22N4O4. The fourth-order valence-electron chi connectivity index (χ4n) is 3.11. The molecule has 0 saturated carbocycles. The molecule has 2 aromatic rings. The van der Waals surface area contributed by atoms with E-state index in [1.165, 1.54) is 6.33 Å². The van der Waals surface area contributed by atoms with Gasteiger partial charge in [-0.2, -0.15) is 4.98 Å². The fourth-order valence-corrected chi connectivity index (χ4v) is 3.11. The third-order valence-corrected chi connectivity index (χ3v) is 4.43. The van der Waals surface area contributed by atoms with E-state index in [0.29, 0.717) is 18.8 Å². The van der Waals surface area contributed by atoms with E-state index in [4.69, 9.17) is 9.47 Å². The van der Waals surface area contributed by atoms with Crippen molar-refractivity contribution in [3.8, 4) is 11.6 Å². The summed E-state index contributed by atoms with van der Waals surface area (Å²) < 4.78 is 11.5. The number of morpholine rings is 1. The maximum atomic E-state index is 11.8. The molecular weight excluding hydrogens is 336 g/mol. The lowest BCUT2D eigenvalue weighted by Gasteiger charge is -2.35. The molecule has 26 heavy (non-hydrogen) atoms. The van der Waals surface area contributed by atoms with Gasteiger partial charge in [0.15, 0.2) is 0 Å². The molecule has 138 valence electrons. The summed E-state index contributed by atoms with van der Waals surface area (Å²) in [5.74, 6) is 0.745. The molecule has 2 heterocycles. The predicted octanol–water partition coefficient (Wildman–Crippen LogP) is 3.41. The van der Waals surface area contributed by atoms with E-state index in [-0.39, 0.29) is 29.6 Å². The topological polar surface area (TPSA) is 90.6 Å². The summed E-state index contributed by atoms with van der Waals surface area (Å²) in [6.45, 7) is 8.77. The van der Waals surface area contributed by atoms with Crippen LogP contribution >= 0.6 is 0 Å². The number of anilines is 1. The van der Waals surface area contributed by atoms with Crippen molar-refractivity contribution in [2.24, 2.45) is 0 Å². The molecule has 2 atom stereocenters. The summed E-state index contributed by atoms with van der Waals surface area (Å²) in [4.78, 5) is 21.3. The van der Waals surface area contributed by atoms with E-state index < -0.39 is 4.92 Å². The van der Waals surface area contributed by atoms with Gasteiger partial charge in [-0.15, -0.1) is 0 Å². The van der Waals surface area contributed by atoms with E-state index in [2.05, 4.69) is 9.97 Å². The van der Waals surface area contributed by atoms with Crippen molar-refractivity contribution in [2.45, 2.75) is 39.9 Å². The Morgan fingerprint density at radius 1 is 1.23 bits per heavy atom. The summed E-state index contributed by atoms with van der Waals surface area (Å²) >= 11 is 0.